The number of carbonyl (C=O) groups excluding carboxylic acids is 1. The molecule has 0 bridgehead atoms. The molecule has 0 radical (unpaired) electrons. The molecule has 11 heteroatoms. The number of hydrogen-bond donors (Lipinski definition) is 1. The smallest absolute Gasteiger partial charge is 0.338 e. The number of benzene rings is 2. The van der Waals surface area contributed by atoms with Crippen molar-refractivity contribution in [3.05, 3.63) is 57.3 Å². The van der Waals surface area contributed by atoms with E-state index in [4.69, 9.17) is 46.9 Å². The van der Waals surface area contributed by atoms with Crippen molar-refractivity contribution in [2.45, 2.75) is 83.1 Å². The van der Waals surface area contributed by atoms with Crippen molar-refractivity contribution in [2.75, 3.05) is 12.4 Å². The van der Waals surface area contributed by atoms with E-state index < -0.39 is 5.97 Å². The van der Waals surface area contributed by atoms with Crippen molar-refractivity contribution in [3.63, 3.8) is 0 Å². The van der Waals surface area contributed by atoms with Crippen LogP contribution in [0, 0.1) is 0 Å². The minimum Gasteiger partial charge on any atom is -0.489 e. The van der Waals surface area contributed by atoms with Crippen LogP contribution in [-0.2, 0) is 16.1 Å². The number of carbonyl (C=O) groups is 1. The third-order valence-corrected chi connectivity index (χ3v) is 9.39. The highest BCUT2D eigenvalue weighted by atomic mass is 35.5. The molecule has 2 heterocycles. The summed E-state index contributed by atoms with van der Waals surface area (Å²) in [5.41, 5.74) is 4.52. The number of halogens is 2. The van der Waals surface area contributed by atoms with E-state index >= 15 is 0 Å². The van der Waals surface area contributed by atoms with Gasteiger partial charge in [0.25, 0.3) is 0 Å². The Morgan fingerprint density at radius 2 is 1.93 bits per heavy atom. The summed E-state index contributed by atoms with van der Waals surface area (Å²) >= 11 is 14.9. The first-order valence-corrected chi connectivity index (χ1v) is 15.9. The second-order valence-corrected chi connectivity index (χ2v) is 13.0. The van der Waals surface area contributed by atoms with Gasteiger partial charge in [-0.25, -0.2) is 9.78 Å². The standard InChI is InChI=1S/C31H33Cl2N3O5S/c1-16(2)41-24-12-18(30(37)38-3)13-25-29(24)35-31(42-25)34-20-6-8-21(9-7-20)39-14-19-15-40-36-28(19)26-23(32)11-10-22(27(26)33)17-4-5-17/h10-13,15-17,20-21H,4-9,14H2,1-3H3,(H,34,35). The van der Waals surface area contributed by atoms with Gasteiger partial charge in [0.1, 0.15) is 23.2 Å². The number of rotatable bonds is 10. The lowest BCUT2D eigenvalue weighted by atomic mass is 9.93. The fourth-order valence-corrected chi connectivity index (χ4v) is 7.16. The maximum absolute atomic E-state index is 12.2. The number of anilines is 1. The Balaban J connectivity index is 1.08. The van der Waals surface area contributed by atoms with Crippen molar-refractivity contribution in [1.29, 1.82) is 0 Å². The molecule has 8 nitrogen and oxygen atoms in total. The van der Waals surface area contributed by atoms with Crippen LogP contribution in [-0.4, -0.2) is 41.5 Å². The average Bonchev–Trinajstić information content (AvgIpc) is 3.56. The van der Waals surface area contributed by atoms with Crippen LogP contribution in [0.25, 0.3) is 21.5 Å². The Hall–Kier alpha value is -2.85. The van der Waals surface area contributed by atoms with Gasteiger partial charge in [-0.2, -0.15) is 0 Å². The summed E-state index contributed by atoms with van der Waals surface area (Å²) in [5, 5.41) is 9.85. The number of nitrogens with one attached hydrogen (secondary N) is 1. The maximum Gasteiger partial charge on any atom is 0.338 e. The molecule has 2 fully saturated rings. The van der Waals surface area contributed by atoms with Crippen molar-refractivity contribution in [2.24, 2.45) is 0 Å². The van der Waals surface area contributed by atoms with Gasteiger partial charge in [-0.1, -0.05) is 45.8 Å². The van der Waals surface area contributed by atoms with Crippen LogP contribution in [0.15, 0.2) is 35.1 Å². The molecule has 4 aromatic rings. The van der Waals surface area contributed by atoms with E-state index in [1.54, 1.807) is 12.3 Å². The van der Waals surface area contributed by atoms with E-state index in [0.29, 0.717) is 39.6 Å². The summed E-state index contributed by atoms with van der Waals surface area (Å²) in [6, 6.07) is 7.69. The number of methoxy groups -OCH3 is 1. The Labute approximate surface area is 258 Å². The SMILES string of the molecule is COC(=O)c1cc(OC(C)C)c2nc(NC3CCC(OCc4conc4-c4c(Cl)ccc(C5CC5)c4Cl)CC3)sc2c1. The minimum atomic E-state index is -0.400. The van der Waals surface area contributed by atoms with Crippen LogP contribution in [0.3, 0.4) is 0 Å². The summed E-state index contributed by atoms with van der Waals surface area (Å²) in [6.07, 6.45) is 7.71. The molecule has 2 aliphatic rings. The molecule has 0 atom stereocenters. The summed E-state index contributed by atoms with van der Waals surface area (Å²) in [4.78, 5) is 17.0. The first-order valence-electron chi connectivity index (χ1n) is 14.3. The first kappa shape index (κ1) is 29.2. The first-order chi connectivity index (χ1) is 20.3. The second kappa shape index (κ2) is 12.4. The van der Waals surface area contributed by atoms with Gasteiger partial charge in [0.2, 0.25) is 0 Å². The van der Waals surface area contributed by atoms with Crippen molar-refractivity contribution >= 4 is 55.9 Å². The van der Waals surface area contributed by atoms with E-state index in [-0.39, 0.29) is 18.2 Å². The highest BCUT2D eigenvalue weighted by molar-refractivity contribution is 7.22. The molecule has 222 valence electrons. The monoisotopic (exact) mass is 629 g/mol. The van der Waals surface area contributed by atoms with Gasteiger partial charge in [-0.15, -0.1) is 0 Å². The van der Waals surface area contributed by atoms with Crippen LogP contribution < -0.4 is 10.1 Å². The third-order valence-electron chi connectivity index (χ3n) is 7.74. The van der Waals surface area contributed by atoms with Gasteiger partial charge >= 0.3 is 5.97 Å². The number of esters is 1. The third kappa shape index (κ3) is 6.25. The fraction of sp³-hybridized carbons (Fsp3) is 0.452. The topological polar surface area (TPSA) is 95.7 Å². The van der Waals surface area contributed by atoms with Gasteiger partial charge < -0.3 is 24.1 Å². The van der Waals surface area contributed by atoms with Crippen LogP contribution in [0.5, 0.6) is 5.75 Å². The lowest BCUT2D eigenvalue weighted by Crippen LogP contribution is -2.29. The summed E-state index contributed by atoms with van der Waals surface area (Å²) in [5.74, 6) is 0.682. The van der Waals surface area contributed by atoms with E-state index in [1.807, 2.05) is 32.0 Å². The second-order valence-electron chi connectivity index (χ2n) is 11.2. The summed E-state index contributed by atoms with van der Waals surface area (Å²) < 4.78 is 23.4. The summed E-state index contributed by atoms with van der Waals surface area (Å²) in [6.45, 7) is 4.27. The van der Waals surface area contributed by atoms with Crippen LogP contribution in [0.1, 0.15) is 79.8 Å². The Kier molecular flexibility index (Phi) is 8.63. The Bertz CT molecular complexity index is 1590. The van der Waals surface area contributed by atoms with Crippen LogP contribution >= 0.6 is 34.5 Å². The van der Waals surface area contributed by atoms with Gasteiger partial charge in [0.05, 0.1) is 46.2 Å². The normalized spacial score (nSPS) is 18.9. The Morgan fingerprint density at radius 3 is 2.64 bits per heavy atom. The fourth-order valence-electron chi connectivity index (χ4n) is 5.46. The predicted octanol–water partition coefficient (Wildman–Crippen LogP) is 8.65. The quantitative estimate of drug-likeness (QED) is 0.174. The molecule has 2 aromatic carbocycles. The molecule has 6 rings (SSSR count). The highest BCUT2D eigenvalue weighted by Crippen LogP contribution is 2.48. The molecule has 0 amide bonds. The van der Waals surface area contributed by atoms with E-state index in [1.165, 1.54) is 18.4 Å². The average molecular weight is 631 g/mol. The number of nitrogens with zero attached hydrogens (tertiary/aromatic N) is 2. The van der Waals surface area contributed by atoms with Crippen molar-refractivity contribution in [3.8, 4) is 17.0 Å². The molecule has 1 N–H and O–H groups in total. The highest BCUT2D eigenvalue weighted by Gasteiger charge is 2.30. The largest absolute Gasteiger partial charge is 0.489 e. The molecular formula is C31H33Cl2N3O5S. The van der Waals surface area contributed by atoms with Crippen molar-refractivity contribution in [1.82, 2.24) is 10.1 Å². The van der Waals surface area contributed by atoms with Crippen LogP contribution in [0.2, 0.25) is 10.0 Å². The number of hydrogen-bond acceptors (Lipinski definition) is 9. The molecule has 0 saturated heterocycles. The lowest BCUT2D eigenvalue weighted by Gasteiger charge is -2.29. The molecule has 2 aliphatic carbocycles. The molecule has 2 saturated carbocycles. The van der Waals surface area contributed by atoms with E-state index in [2.05, 4.69) is 10.5 Å². The van der Waals surface area contributed by atoms with Gasteiger partial charge in [-0.05, 0) is 82.1 Å². The van der Waals surface area contributed by atoms with Gasteiger partial charge in [0.15, 0.2) is 5.13 Å². The zero-order chi connectivity index (χ0) is 29.4. The van der Waals surface area contributed by atoms with E-state index in [0.717, 1.165) is 70.6 Å². The number of aromatic nitrogens is 2. The van der Waals surface area contributed by atoms with Gasteiger partial charge in [-0.3, -0.25) is 0 Å². The van der Waals surface area contributed by atoms with Gasteiger partial charge in [0, 0.05) is 17.2 Å². The summed E-state index contributed by atoms with van der Waals surface area (Å²) in [7, 11) is 1.37. The lowest BCUT2D eigenvalue weighted by molar-refractivity contribution is 0.0150. The molecule has 2 aromatic heterocycles. The molecular weight excluding hydrogens is 597 g/mol. The van der Waals surface area contributed by atoms with Crippen LogP contribution in [0.4, 0.5) is 5.13 Å². The minimum absolute atomic E-state index is 0.0507. The zero-order valence-corrected chi connectivity index (χ0v) is 26.1. The number of ether oxygens (including phenoxy) is 3. The Morgan fingerprint density at radius 1 is 1.14 bits per heavy atom. The van der Waals surface area contributed by atoms with Crippen molar-refractivity contribution < 1.29 is 23.5 Å². The molecule has 0 unspecified atom stereocenters. The number of fused-ring (bicyclic) bond motifs is 1. The maximum atomic E-state index is 12.2. The zero-order valence-electron chi connectivity index (χ0n) is 23.7. The molecule has 42 heavy (non-hydrogen) atoms. The van der Waals surface area contributed by atoms with E-state index in [9.17, 15) is 4.79 Å². The predicted molar refractivity (Wildman–Crippen MR) is 165 cm³/mol. The molecule has 0 spiro atoms. The number of thiazole rings is 1. The molecule has 0 aliphatic heterocycles.